The van der Waals surface area contributed by atoms with Crippen molar-refractivity contribution < 1.29 is 24.0 Å². The molecule has 0 bridgehead atoms. The number of nitrogens with zero attached hydrogens (tertiary/aromatic N) is 2. The molecule has 4 aliphatic carbocycles. The van der Waals surface area contributed by atoms with E-state index >= 15 is 0 Å². The van der Waals surface area contributed by atoms with E-state index in [-0.39, 0.29) is 29.6 Å². The first kappa shape index (κ1) is 29.5. The van der Waals surface area contributed by atoms with Gasteiger partial charge >= 0.3 is 12.1 Å². The van der Waals surface area contributed by atoms with Crippen molar-refractivity contribution in [1.29, 1.82) is 0 Å². The lowest BCUT2D eigenvalue weighted by atomic mass is 9.44. The van der Waals surface area contributed by atoms with E-state index in [1.807, 2.05) is 20.8 Å². The zero-order valence-electron chi connectivity index (χ0n) is 25.5. The molecule has 224 valence electrons. The van der Waals surface area contributed by atoms with Gasteiger partial charge in [0.2, 0.25) is 0 Å². The molecule has 5 aliphatic rings. The largest absolute Gasteiger partial charge is 0.462 e. The predicted molar refractivity (Wildman–Crippen MR) is 154 cm³/mol. The summed E-state index contributed by atoms with van der Waals surface area (Å²) in [6.45, 7) is 11.1. The fourth-order valence-electron chi connectivity index (χ4n) is 9.84. The average Bonchev–Trinajstić information content (AvgIpc) is 3.51. The van der Waals surface area contributed by atoms with Crippen molar-refractivity contribution in [2.24, 2.45) is 45.6 Å². The second-order valence-corrected chi connectivity index (χ2v) is 14.5. The molecule has 0 aromatic rings. The zero-order valence-corrected chi connectivity index (χ0v) is 25.5. The van der Waals surface area contributed by atoms with Crippen molar-refractivity contribution in [2.75, 3.05) is 13.6 Å². The van der Waals surface area contributed by atoms with Crippen molar-refractivity contribution in [3.8, 4) is 0 Å². The number of ether oxygens (including phenoxy) is 1. The average molecular weight is 558 g/mol. The van der Waals surface area contributed by atoms with E-state index in [0.29, 0.717) is 41.9 Å². The number of oxime groups is 1. The summed E-state index contributed by atoms with van der Waals surface area (Å²) in [7, 11) is 1.72. The van der Waals surface area contributed by atoms with Crippen LogP contribution in [-0.2, 0) is 19.2 Å². The van der Waals surface area contributed by atoms with Gasteiger partial charge in [-0.05, 0) is 113 Å². The van der Waals surface area contributed by atoms with Crippen LogP contribution in [0.25, 0.3) is 0 Å². The highest BCUT2D eigenvalue weighted by Crippen LogP contribution is 2.67. The Kier molecular flexibility index (Phi) is 8.40. The molecule has 9 atom stereocenters. The maximum Gasteiger partial charge on any atom is 0.435 e. The Morgan fingerprint density at radius 3 is 2.52 bits per heavy atom. The minimum absolute atomic E-state index is 0.0243. The van der Waals surface area contributed by atoms with E-state index in [9.17, 15) is 14.4 Å². The van der Waals surface area contributed by atoms with Crippen LogP contribution in [0.5, 0.6) is 0 Å². The van der Waals surface area contributed by atoms with E-state index in [4.69, 9.17) is 9.57 Å². The van der Waals surface area contributed by atoms with Gasteiger partial charge in [-0.2, -0.15) is 0 Å². The quantitative estimate of drug-likeness (QED) is 0.194. The molecule has 1 heterocycles. The molecular weight excluding hydrogens is 506 g/mol. The van der Waals surface area contributed by atoms with Crippen LogP contribution in [0.4, 0.5) is 4.79 Å². The highest BCUT2D eigenvalue weighted by Gasteiger charge is 2.60. The first-order chi connectivity index (χ1) is 18.9. The number of amides is 1. The molecule has 5 fully saturated rings. The van der Waals surface area contributed by atoms with Gasteiger partial charge in [0.25, 0.3) is 0 Å². The summed E-state index contributed by atoms with van der Waals surface area (Å²) < 4.78 is 5.32. The van der Waals surface area contributed by atoms with Crippen LogP contribution in [0.2, 0.25) is 0 Å². The SMILES string of the molecule is C/C(=N\OC(=O)N(C)CC1CCC(C(=O)OC(C)C)N1)[C@H]1CC[C@H]2[C@@H]3CC[C@H]4CC(=O)CC[C@]4(C)[C@H]3CC[C@]12C. The summed E-state index contributed by atoms with van der Waals surface area (Å²) in [5.41, 5.74) is 1.44. The van der Waals surface area contributed by atoms with Crippen LogP contribution in [0.1, 0.15) is 105 Å². The Hall–Kier alpha value is -1.96. The van der Waals surface area contributed by atoms with Gasteiger partial charge < -0.3 is 9.64 Å². The van der Waals surface area contributed by atoms with E-state index in [1.54, 1.807) is 11.9 Å². The Morgan fingerprint density at radius 2 is 1.77 bits per heavy atom. The van der Waals surface area contributed by atoms with Crippen LogP contribution >= 0.6 is 0 Å². The molecule has 0 aromatic carbocycles. The van der Waals surface area contributed by atoms with Gasteiger partial charge in [-0.1, -0.05) is 19.0 Å². The Morgan fingerprint density at radius 1 is 1.02 bits per heavy atom. The monoisotopic (exact) mass is 557 g/mol. The Balaban J connectivity index is 1.16. The number of fused-ring (bicyclic) bond motifs is 5. The van der Waals surface area contributed by atoms with Crippen molar-refractivity contribution in [1.82, 2.24) is 10.2 Å². The summed E-state index contributed by atoms with van der Waals surface area (Å²) >= 11 is 0. The molecular formula is C32H51N3O5. The maximum absolute atomic E-state index is 12.8. The molecule has 0 radical (unpaired) electrons. The van der Waals surface area contributed by atoms with Gasteiger partial charge in [0.1, 0.15) is 11.8 Å². The number of Topliss-reactive ketones (excluding diaryl/α,β-unsaturated/α-hetero) is 1. The number of carbonyl (C=O) groups excluding carboxylic acids is 3. The molecule has 40 heavy (non-hydrogen) atoms. The fourth-order valence-corrected chi connectivity index (χ4v) is 9.84. The molecule has 5 rings (SSSR count). The van der Waals surface area contributed by atoms with Crippen LogP contribution < -0.4 is 5.32 Å². The summed E-state index contributed by atoms with van der Waals surface area (Å²) in [5.74, 6) is 3.31. The van der Waals surface area contributed by atoms with Crippen LogP contribution in [-0.4, -0.2) is 60.2 Å². The number of carbonyl (C=O) groups is 3. The second-order valence-electron chi connectivity index (χ2n) is 14.5. The van der Waals surface area contributed by atoms with Gasteiger partial charge in [0, 0.05) is 38.4 Å². The lowest BCUT2D eigenvalue weighted by molar-refractivity contribution is -0.149. The third-order valence-electron chi connectivity index (χ3n) is 11.9. The highest BCUT2D eigenvalue weighted by molar-refractivity contribution is 5.86. The zero-order chi connectivity index (χ0) is 28.8. The smallest absolute Gasteiger partial charge is 0.435 e. The molecule has 1 saturated heterocycles. The number of rotatable bonds is 6. The minimum atomic E-state index is -0.462. The van der Waals surface area contributed by atoms with Crippen LogP contribution in [0.3, 0.4) is 0 Å². The summed E-state index contributed by atoms with van der Waals surface area (Å²) in [5, 5.41) is 7.69. The molecule has 4 saturated carbocycles. The molecule has 2 unspecified atom stereocenters. The van der Waals surface area contributed by atoms with Crippen molar-refractivity contribution in [3.05, 3.63) is 0 Å². The lowest BCUT2D eigenvalue weighted by Gasteiger charge is -2.60. The van der Waals surface area contributed by atoms with Gasteiger partial charge in [-0.25, -0.2) is 4.79 Å². The number of hydrogen-bond acceptors (Lipinski definition) is 7. The van der Waals surface area contributed by atoms with Crippen LogP contribution in [0, 0.1) is 40.4 Å². The van der Waals surface area contributed by atoms with E-state index in [0.717, 1.165) is 49.7 Å². The van der Waals surface area contributed by atoms with Crippen molar-refractivity contribution >= 4 is 23.6 Å². The number of ketones is 1. The number of esters is 1. The Labute approximate surface area is 240 Å². The highest BCUT2D eigenvalue weighted by atomic mass is 16.7. The second kappa shape index (κ2) is 11.4. The van der Waals surface area contributed by atoms with Crippen molar-refractivity contribution in [2.45, 2.75) is 123 Å². The summed E-state index contributed by atoms with van der Waals surface area (Å²) in [4.78, 5) is 44.2. The Bertz CT molecular complexity index is 1030. The number of nitrogens with one attached hydrogen (secondary N) is 1. The fraction of sp³-hybridized carbons (Fsp3) is 0.875. The van der Waals surface area contributed by atoms with Gasteiger partial charge in [-0.15, -0.1) is 0 Å². The number of hydrogen-bond donors (Lipinski definition) is 1. The molecule has 0 spiro atoms. The molecule has 1 aliphatic heterocycles. The topological polar surface area (TPSA) is 97.3 Å². The molecule has 8 heteroatoms. The maximum atomic E-state index is 12.8. The summed E-state index contributed by atoms with van der Waals surface area (Å²) in [6, 6.07) is -0.294. The van der Waals surface area contributed by atoms with Gasteiger partial charge in [-0.3, -0.25) is 19.7 Å². The minimum Gasteiger partial charge on any atom is -0.462 e. The van der Waals surface area contributed by atoms with Gasteiger partial charge in [0.15, 0.2) is 0 Å². The van der Waals surface area contributed by atoms with E-state index < -0.39 is 6.09 Å². The standard InChI is InChI=1S/C32H51N3O5/c1-19(2)39-29(37)28-12-8-22(33-28)18-35(6)30(38)40-34-20(3)25-10-11-26-24-9-7-21-17-23(36)13-15-31(21,4)27(24)14-16-32(25,26)5/h19,21-22,24-28,33H,7-18H2,1-6H3/b34-20+/t21-,22?,24-,25+,26-,27-,28?,31-,32+/m0/s1. The summed E-state index contributed by atoms with van der Waals surface area (Å²) in [6.07, 6.45) is 10.8. The van der Waals surface area contributed by atoms with Crippen LogP contribution in [0.15, 0.2) is 5.16 Å². The normalized spacial score (nSPS) is 41.2. The third-order valence-corrected chi connectivity index (χ3v) is 11.9. The third kappa shape index (κ3) is 5.46. The van der Waals surface area contributed by atoms with E-state index in [2.05, 4.69) is 24.3 Å². The first-order valence-electron chi connectivity index (χ1n) is 15.9. The molecule has 1 amide bonds. The lowest BCUT2D eigenvalue weighted by Crippen LogP contribution is -2.53. The van der Waals surface area contributed by atoms with Gasteiger partial charge in [0.05, 0.1) is 11.8 Å². The first-order valence-corrected chi connectivity index (χ1v) is 15.9. The molecule has 8 nitrogen and oxygen atoms in total. The van der Waals surface area contributed by atoms with Crippen molar-refractivity contribution in [3.63, 3.8) is 0 Å². The predicted octanol–water partition coefficient (Wildman–Crippen LogP) is 5.73. The molecule has 1 N–H and O–H groups in total. The molecule has 0 aromatic heterocycles. The van der Waals surface area contributed by atoms with E-state index in [1.165, 1.54) is 32.1 Å². The number of likely N-dealkylation sites (N-methyl/N-ethyl adjacent to an activating group) is 1.